The molecule has 0 radical (unpaired) electrons. The normalized spacial score (nSPS) is 27.8. The van der Waals surface area contributed by atoms with Crippen LogP contribution in [0.5, 0.6) is 0 Å². The van der Waals surface area contributed by atoms with E-state index >= 15 is 0 Å². The second kappa shape index (κ2) is 3.30. The maximum Gasteiger partial charge on any atom is 0.0906 e. The van der Waals surface area contributed by atoms with Crippen LogP contribution in [0, 0.1) is 0 Å². The molecular formula is C9H17FN2. The summed E-state index contributed by atoms with van der Waals surface area (Å²) < 4.78 is 12.0. The number of nitrogens with one attached hydrogen (secondary N) is 1. The van der Waals surface area contributed by atoms with Gasteiger partial charge in [-0.2, -0.15) is 0 Å². The van der Waals surface area contributed by atoms with Gasteiger partial charge in [-0.15, -0.1) is 0 Å². The van der Waals surface area contributed by atoms with Gasteiger partial charge in [0.25, 0.3) is 0 Å². The Balaban J connectivity index is 1.86. The summed E-state index contributed by atoms with van der Waals surface area (Å²) in [5, 5.41) is 3.31. The first-order valence-corrected chi connectivity index (χ1v) is 4.89. The fraction of sp³-hybridized carbons (Fsp3) is 1.00. The lowest BCUT2D eigenvalue weighted by molar-refractivity contribution is 0.0764. The molecule has 12 heavy (non-hydrogen) atoms. The van der Waals surface area contributed by atoms with Crippen molar-refractivity contribution in [2.75, 3.05) is 32.9 Å². The molecule has 0 aromatic rings. The van der Waals surface area contributed by atoms with Gasteiger partial charge in [0, 0.05) is 25.2 Å². The Kier molecular flexibility index (Phi) is 2.33. The van der Waals surface area contributed by atoms with Crippen molar-refractivity contribution in [1.82, 2.24) is 10.2 Å². The van der Waals surface area contributed by atoms with Crippen molar-refractivity contribution >= 4 is 0 Å². The third-order valence-electron chi connectivity index (χ3n) is 3.21. The van der Waals surface area contributed by atoms with E-state index in [1.54, 1.807) is 0 Å². The van der Waals surface area contributed by atoms with E-state index in [1.807, 2.05) is 0 Å². The summed E-state index contributed by atoms with van der Waals surface area (Å²) in [5.74, 6) is 0. The molecule has 1 spiro atoms. The first-order valence-electron chi connectivity index (χ1n) is 4.89. The van der Waals surface area contributed by atoms with Gasteiger partial charge in [0.2, 0.25) is 0 Å². The molecule has 0 unspecified atom stereocenters. The van der Waals surface area contributed by atoms with E-state index in [0.717, 1.165) is 19.6 Å². The van der Waals surface area contributed by atoms with Gasteiger partial charge in [-0.3, -0.25) is 9.29 Å². The lowest BCUT2D eigenvalue weighted by Gasteiger charge is -2.46. The van der Waals surface area contributed by atoms with Crippen molar-refractivity contribution < 1.29 is 4.39 Å². The molecule has 0 aliphatic carbocycles. The van der Waals surface area contributed by atoms with E-state index in [0.29, 0.717) is 12.0 Å². The summed E-state index contributed by atoms with van der Waals surface area (Å²) >= 11 is 0. The van der Waals surface area contributed by atoms with Crippen LogP contribution in [0.4, 0.5) is 4.39 Å². The van der Waals surface area contributed by atoms with Crippen LogP contribution in [0.3, 0.4) is 0 Å². The average molecular weight is 172 g/mol. The fourth-order valence-corrected chi connectivity index (χ4v) is 2.41. The topological polar surface area (TPSA) is 15.3 Å². The van der Waals surface area contributed by atoms with Crippen molar-refractivity contribution in [2.45, 2.75) is 24.8 Å². The van der Waals surface area contributed by atoms with E-state index in [4.69, 9.17) is 0 Å². The molecule has 2 aliphatic rings. The number of halogens is 1. The zero-order chi connectivity index (χ0) is 8.44. The number of alkyl halides is 1. The molecule has 0 atom stereocenters. The highest BCUT2D eigenvalue weighted by molar-refractivity contribution is 5.05. The van der Waals surface area contributed by atoms with E-state index in [1.165, 1.54) is 19.4 Å². The minimum atomic E-state index is -0.167. The summed E-state index contributed by atoms with van der Waals surface area (Å²) in [7, 11) is 0. The van der Waals surface area contributed by atoms with Crippen LogP contribution in [-0.4, -0.2) is 43.3 Å². The van der Waals surface area contributed by atoms with Crippen molar-refractivity contribution in [2.24, 2.45) is 0 Å². The molecule has 70 valence electrons. The summed E-state index contributed by atoms with van der Waals surface area (Å²) in [6, 6.07) is 0. The van der Waals surface area contributed by atoms with Crippen LogP contribution in [-0.2, 0) is 0 Å². The summed E-state index contributed by atoms with van der Waals surface area (Å²) in [5.41, 5.74) is 0.440. The van der Waals surface area contributed by atoms with Gasteiger partial charge in [-0.25, -0.2) is 0 Å². The highest BCUT2D eigenvalue weighted by atomic mass is 19.1. The molecule has 0 bridgehead atoms. The van der Waals surface area contributed by atoms with Gasteiger partial charge in [-0.1, -0.05) is 0 Å². The number of likely N-dealkylation sites (tertiary alicyclic amines) is 1. The predicted molar refractivity (Wildman–Crippen MR) is 47.0 cm³/mol. The van der Waals surface area contributed by atoms with Crippen LogP contribution in [0.15, 0.2) is 0 Å². The number of rotatable bonds is 3. The fourth-order valence-electron chi connectivity index (χ4n) is 2.41. The molecule has 0 aromatic carbocycles. The molecule has 0 saturated carbocycles. The lowest BCUT2D eigenvalue weighted by atomic mass is 9.89. The molecule has 2 fully saturated rings. The second-order valence-corrected chi connectivity index (χ2v) is 3.96. The number of hydrogen-bond acceptors (Lipinski definition) is 2. The summed E-state index contributed by atoms with van der Waals surface area (Å²) in [6.07, 6.45) is 3.32. The largest absolute Gasteiger partial charge is 0.313 e. The van der Waals surface area contributed by atoms with Crippen molar-refractivity contribution in [1.29, 1.82) is 0 Å². The standard InChI is InChI=1S/C9H17FN2/c10-4-2-6-12-5-1-3-9(12)7-11-8-9/h11H,1-8H2. The summed E-state index contributed by atoms with van der Waals surface area (Å²) in [4.78, 5) is 2.48. The van der Waals surface area contributed by atoms with E-state index in [2.05, 4.69) is 10.2 Å². The van der Waals surface area contributed by atoms with Crippen LogP contribution in [0.2, 0.25) is 0 Å². The molecule has 2 nitrogen and oxygen atoms in total. The van der Waals surface area contributed by atoms with Gasteiger partial charge >= 0.3 is 0 Å². The monoisotopic (exact) mass is 172 g/mol. The smallest absolute Gasteiger partial charge is 0.0906 e. The van der Waals surface area contributed by atoms with Gasteiger partial charge in [0.05, 0.1) is 6.67 Å². The van der Waals surface area contributed by atoms with Crippen LogP contribution >= 0.6 is 0 Å². The van der Waals surface area contributed by atoms with E-state index in [9.17, 15) is 4.39 Å². The zero-order valence-corrected chi connectivity index (χ0v) is 7.48. The SMILES string of the molecule is FCCCN1CCCC12CNC2. The Morgan fingerprint density at radius 2 is 2.25 bits per heavy atom. The predicted octanol–water partition coefficient (Wildman–Crippen LogP) is 0.784. The molecular weight excluding hydrogens is 155 g/mol. The maximum absolute atomic E-state index is 12.0. The highest BCUT2D eigenvalue weighted by Crippen LogP contribution is 2.32. The van der Waals surface area contributed by atoms with Gasteiger partial charge in [0.15, 0.2) is 0 Å². The lowest BCUT2D eigenvalue weighted by Crippen LogP contribution is -2.66. The maximum atomic E-state index is 12.0. The summed E-state index contributed by atoms with van der Waals surface area (Å²) in [6.45, 7) is 4.22. The molecule has 0 aromatic heterocycles. The van der Waals surface area contributed by atoms with E-state index < -0.39 is 0 Å². The molecule has 2 aliphatic heterocycles. The van der Waals surface area contributed by atoms with Gasteiger partial charge < -0.3 is 5.32 Å². The first kappa shape index (κ1) is 8.45. The van der Waals surface area contributed by atoms with Crippen LogP contribution in [0.1, 0.15) is 19.3 Å². The average Bonchev–Trinajstić information content (AvgIpc) is 2.42. The van der Waals surface area contributed by atoms with Gasteiger partial charge in [0.1, 0.15) is 0 Å². The van der Waals surface area contributed by atoms with Crippen molar-refractivity contribution in [3.63, 3.8) is 0 Å². The highest BCUT2D eigenvalue weighted by Gasteiger charge is 2.44. The minimum Gasteiger partial charge on any atom is -0.313 e. The Hall–Kier alpha value is -0.150. The first-order chi connectivity index (χ1) is 5.87. The Labute approximate surface area is 73.1 Å². The van der Waals surface area contributed by atoms with Gasteiger partial charge in [-0.05, 0) is 25.8 Å². The Morgan fingerprint density at radius 3 is 2.83 bits per heavy atom. The number of nitrogens with zero attached hydrogens (tertiary/aromatic N) is 1. The van der Waals surface area contributed by atoms with Crippen LogP contribution in [0.25, 0.3) is 0 Å². The molecule has 0 amide bonds. The zero-order valence-electron chi connectivity index (χ0n) is 7.48. The van der Waals surface area contributed by atoms with E-state index in [-0.39, 0.29) is 6.67 Å². The Bertz CT molecular complexity index is 157. The van der Waals surface area contributed by atoms with Crippen molar-refractivity contribution in [3.05, 3.63) is 0 Å². The van der Waals surface area contributed by atoms with Crippen molar-refractivity contribution in [3.8, 4) is 0 Å². The molecule has 3 heteroatoms. The second-order valence-electron chi connectivity index (χ2n) is 3.96. The Morgan fingerprint density at radius 1 is 1.42 bits per heavy atom. The minimum absolute atomic E-state index is 0.167. The third-order valence-corrected chi connectivity index (χ3v) is 3.21. The quantitative estimate of drug-likeness (QED) is 0.677. The molecule has 1 N–H and O–H groups in total. The van der Waals surface area contributed by atoms with Crippen LogP contribution < -0.4 is 5.32 Å². The number of hydrogen-bond donors (Lipinski definition) is 1. The molecule has 2 saturated heterocycles. The third kappa shape index (κ3) is 1.25. The molecule has 2 heterocycles. The molecule has 2 rings (SSSR count).